The van der Waals surface area contributed by atoms with Crippen LogP contribution in [-0.2, 0) is 0 Å². The highest BCUT2D eigenvalue weighted by Gasteiger charge is 2.12. The molecule has 0 aliphatic heterocycles. The fourth-order valence-corrected chi connectivity index (χ4v) is 5.75. The Morgan fingerprint density at radius 2 is 0.923 bits per heavy atom. The van der Waals surface area contributed by atoms with Gasteiger partial charge in [0.15, 0.2) is 5.82 Å². The van der Waals surface area contributed by atoms with Crippen LogP contribution in [0, 0.1) is 0 Å². The second-order valence-electron chi connectivity index (χ2n) is 9.34. The molecule has 39 heavy (non-hydrogen) atoms. The summed E-state index contributed by atoms with van der Waals surface area (Å²) in [6.07, 6.45) is 0. The molecule has 0 spiro atoms. The standard InChI is InChI=1S/C35H23N3S/c1-4-11-24(12-5-1)31-23-32(25-13-6-2-7-14-25)37-34(36-31)29-18-10-17-27(21-29)28-19-20-30-33(22-28)39-35(38-30)26-15-8-3-9-16-26/h1-23H. The van der Waals surface area contributed by atoms with Crippen LogP contribution >= 0.6 is 11.3 Å². The summed E-state index contributed by atoms with van der Waals surface area (Å²) in [6, 6.07) is 48.0. The smallest absolute Gasteiger partial charge is 0.160 e. The number of fused-ring (bicyclic) bond motifs is 1. The maximum Gasteiger partial charge on any atom is 0.160 e. The third-order valence-electron chi connectivity index (χ3n) is 6.73. The zero-order valence-corrected chi connectivity index (χ0v) is 21.8. The molecule has 0 bridgehead atoms. The Labute approximate surface area is 231 Å². The van der Waals surface area contributed by atoms with Gasteiger partial charge in [0.1, 0.15) is 5.01 Å². The van der Waals surface area contributed by atoms with Crippen molar-refractivity contribution in [3.8, 4) is 55.6 Å². The van der Waals surface area contributed by atoms with Crippen molar-refractivity contribution >= 4 is 21.6 Å². The lowest BCUT2D eigenvalue weighted by Gasteiger charge is -2.10. The van der Waals surface area contributed by atoms with Crippen molar-refractivity contribution in [3.05, 3.63) is 140 Å². The topological polar surface area (TPSA) is 38.7 Å². The maximum absolute atomic E-state index is 5.00. The quantitative estimate of drug-likeness (QED) is 0.228. The van der Waals surface area contributed by atoms with Crippen molar-refractivity contribution in [3.63, 3.8) is 0 Å². The molecule has 7 aromatic rings. The normalized spacial score (nSPS) is 11.1. The lowest BCUT2D eigenvalue weighted by Crippen LogP contribution is -1.96. The van der Waals surface area contributed by atoms with Crippen molar-refractivity contribution < 1.29 is 0 Å². The number of hydrogen-bond acceptors (Lipinski definition) is 4. The van der Waals surface area contributed by atoms with Gasteiger partial charge in [0.25, 0.3) is 0 Å². The molecule has 0 unspecified atom stereocenters. The van der Waals surface area contributed by atoms with E-state index < -0.39 is 0 Å². The van der Waals surface area contributed by atoms with Gasteiger partial charge in [0, 0.05) is 22.3 Å². The number of aromatic nitrogens is 3. The molecule has 3 nitrogen and oxygen atoms in total. The van der Waals surface area contributed by atoms with E-state index in [1.165, 1.54) is 4.70 Å². The molecule has 7 rings (SSSR count). The fourth-order valence-electron chi connectivity index (χ4n) is 4.74. The first-order valence-electron chi connectivity index (χ1n) is 12.9. The molecule has 5 aromatic carbocycles. The number of rotatable bonds is 5. The van der Waals surface area contributed by atoms with Crippen molar-refractivity contribution in [1.82, 2.24) is 15.0 Å². The molecule has 4 heteroatoms. The van der Waals surface area contributed by atoms with Crippen LogP contribution < -0.4 is 0 Å². The average Bonchev–Trinajstić information content (AvgIpc) is 3.46. The first-order valence-corrected chi connectivity index (χ1v) is 13.7. The Morgan fingerprint density at radius 1 is 0.385 bits per heavy atom. The van der Waals surface area contributed by atoms with Crippen LogP contribution in [0.5, 0.6) is 0 Å². The second-order valence-corrected chi connectivity index (χ2v) is 10.4. The van der Waals surface area contributed by atoms with Gasteiger partial charge in [-0.2, -0.15) is 0 Å². The third-order valence-corrected chi connectivity index (χ3v) is 7.80. The van der Waals surface area contributed by atoms with Crippen molar-refractivity contribution in [2.24, 2.45) is 0 Å². The van der Waals surface area contributed by atoms with Crippen LogP contribution in [0.15, 0.2) is 140 Å². The summed E-state index contributed by atoms with van der Waals surface area (Å²) < 4.78 is 1.17. The SMILES string of the molecule is c1ccc(-c2cc(-c3ccccc3)nc(-c3cccc(-c4ccc5nc(-c6ccccc6)sc5c4)c3)n2)cc1. The van der Waals surface area contributed by atoms with Gasteiger partial charge in [-0.1, -0.05) is 115 Å². The van der Waals surface area contributed by atoms with E-state index in [0.717, 1.165) is 55.3 Å². The number of benzene rings is 5. The lowest BCUT2D eigenvalue weighted by atomic mass is 10.0. The van der Waals surface area contributed by atoms with Crippen LogP contribution in [-0.4, -0.2) is 15.0 Å². The summed E-state index contributed by atoms with van der Waals surface area (Å²) in [5, 5.41) is 1.04. The molecular formula is C35H23N3S. The second kappa shape index (κ2) is 10.1. The van der Waals surface area contributed by atoms with E-state index in [0.29, 0.717) is 5.82 Å². The molecular weight excluding hydrogens is 494 g/mol. The summed E-state index contributed by atoms with van der Waals surface area (Å²) in [4.78, 5) is 14.9. The molecule has 0 saturated heterocycles. The monoisotopic (exact) mass is 517 g/mol. The van der Waals surface area contributed by atoms with E-state index in [-0.39, 0.29) is 0 Å². The summed E-state index contributed by atoms with van der Waals surface area (Å²) >= 11 is 1.72. The summed E-state index contributed by atoms with van der Waals surface area (Å²) in [6.45, 7) is 0. The predicted molar refractivity (Wildman–Crippen MR) is 162 cm³/mol. The molecule has 0 amide bonds. The molecule has 0 saturated carbocycles. The maximum atomic E-state index is 5.00. The van der Waals surface area contributed by atoms with Crippen LogP contribution in [0.3, 0.4) is 0 Å². The average molecular weight is 518 g/mol. The number of hydrogen-bond donors (Lipinski definition) is 0. The zero-order valence-electron chi connectivity index (χ0n) is 21.0. The van der Waals surface area contributed by atoms with E-state index in [9.17, 15) is 0 Å². The van der Waals surface area contributed by atoms with Gasteiger partial charge in [0.05, 0.1) is 21.6 Å². The van der Waals surface area contributed by atoms with Crippen LogP contribution in [0.4, 0.5) is 0 Å². The minimum Gasteiger partial charge on any atom is -0.236 e. The summed E-state index contributed by atoms with van der Waals surface area (Å²) in [7, 11) is 0. The molecule has 0 radical (unpaired) electrons. The Kier molecular flexibility index (Phi) is 6.00. The largest absolute Gasteiger partial charge is 0.236 e. The molecule has 2 aromatic heterocycles. The lowest BCUT2D eigenvalue weighted by molar-refractivity contribution is 1.18. The Hall–Kier alpha value is -4.93. The van der Waals surface area contributed by atoms with Crippen molar-refractivity contribution in [1.29, 1.82) is 0 Å². The van der Waals surface area contributed by atoms with Crippen molar-refractivity contribution in [2.45, 2.75) is 0 Å². The van der Waals surface area contributed by atoms with Gasteiger partial charge in [-0.3, -0.25) is 0 Å². The van der Waals surface area contributed by atoms with E-state index in [1.807, 2.05) is 42.5 Å². The molecule has 0 aliphatic rings. The van der Waals surface area contributed by atoms with Crippen molar-refractivity contribution in [2.75, 3.05) is 0 Å². The van der Waals surface area contributed by atoms with Gasteiger partial charge < -0.3 is 0 Å². The highest BCUT2D eigenvalue weighted by atomic mass is 32.1. The fraction of sp³-hybridized carbons (Fsp3) is 0. The van der Waals surface area contributed by atoms with E-state index in [4.69, 9.17) is 15.0 Å². The van der Waals surface area contributed by atoms with Crippen LogP contribution in [0.25, 0.3) is 65.8 Å². The Morgan fingerprint density at radius 3 is 1.56 bits per heavy atom. The van der Waals surface area contributed by atoms with Gasteiger partial charge in [0.2, 0.25) is 0 Å². The molecule has 0 fully saturated rings. The number of nitrogens with zero attached hydrogens (tertiary/aromatic N) is 3. The third kappa shape index (κ3) is 4.74. The Bertz CT molecular complexity index is 1840. The molecule has 2 heterocycles. The molecule has 184 valence electrons. The predicted octanol–water partition coefficient (Wildman–Crippen LogP) is 9.42. The first-order chi connectivity index (χ1) is 19.3. The first kappa shape index (κ1) is 23.2. The summed E-state index contributed by atoms with van der Waals surface area (Å²) in [5.41, 5.74) is 9.37. The van der Waals surface area contributed by atoms with Crippen LogP contribution in [0.1, 0.15) is 0 Å². The highest BCUT2D eigenvalue weighted by molar-refractivity contribution is 7.21. The van der Waals surface area contributed by atoms with E-state index in [2.05, 4.69) is 97.1 Å². The zero-order chi connectivity index (χ0) is 26.0. The molecule has 0 atom stereocenters. The molecule has 0 N–H and O–H groups in total. The number of thiazole rings is 1. The summed E-state index contributed by atoms with van der Waals surface area (Å²) in [5.74, 6) is 0.710. The van der Waals surface area contributed by atoms with E-state index in [1.54, 1.807) is 11.3 Å². The minimum atomic E-state index is 0.710. The molecule has 0 aliphatic carbocycles. The highest BCUT2D eigenvalue weighted by Crippen LogP contribution is 2.34. The van der Waals surface area contributed by atoms with Gasteiger partial charge >= 0.3 is 0 Å². The van der Waals surface area contributed by atoms with Crippen LogP contribution in [0.2, 0.25) is 0 Å². The van der Waals surface area contributed by atoms with E-state index >= 15 is 0 Å². The minimum absolute atomic E-state index is 0.710. The van der Waals surface area contributed by atoms with Gasteiger partial charge in [-0.05, 0) is 35.4 Å². The Balaban J connectivity index is 1.31. The van der Waals surface area contributed by atoms with Gasteiger partial charge in [-0.25, -0.2) is 15.0 Å². The van der Waals surface area contributed by atoms with Gasteiger partial charge in [-0.15, -0.1) is 11.3 Å².